The molecule has 0 saturated heterocycles. The number of pyridine rings is 2. The molecule has 16 heavy (non-hydrogen) atoms. The van der Waals surface area contributed by atoms with E-state index in [9.17, 15) is 8.42 Å². The number of anilines is 1. The van der Waals surface area contributed by atoms with Crippen molar-refractivity contribution in [1.82, 2.24) is 9.97 Å². The molecule has 2 aromatic heterocycles. The first-order valence-corrected chi connectivity index (χ1v) is 6.02. The van der Waals surface area contributed by atoms with Gasteiger partial charge in [-0.1, -0.05) is 12.1 Å². The van der Waals surface area contributed by atoms with Gasteiger partial charge in [0, 0.05) is 12.4 Å². The zero-order valence-corrected chi connectivity index (χ0v) is 9.05. The van der Waals surface area contributed by atoms with Gasteiger partial charge < -0.3 is 0 Å². The van der Waals surface area contributed by atoms with Crippen LogP contribution in [0.1, 0.15) is 0 Å². The number of aromatic nitrogens is 2. The Morgan fingerprint density at radius 1 is 0.938 bits per heavy atom. The van der Waals surface area contributed by atoms with E-state index in [1.54, 1.807) is 30.3 Å². The van der Waals surface area contributed by atoms with Crippen LogP contribution >= 0.6 is 0 Å². The molecule has 0 spiro atoms. The lowest BCUT2D eigenvalue weighted by Gasteiger charge is -2.05. The fraction of sp³-hybridized carbons (Fsp3) is 0. The first-order chi connectivity index (χ1) is 7.68. The first-order valence-electron chi connectivity index (χ1n) is 4.53. The third-order valence-corrected chi connectivity index (χ3v) is 3.09. The highest BCUT2D eigenvalue weighted by molar-refractivity contribution is 7.92. The van der Waals surface area contributed by atoms with Crippen molar-refractivity contribution in [1.29, 1.82) is 0 Å². The number of nitrogens with one attached hydrogen (secondary N) is 1. The summed E-state index contributed by atoms with van der Waals surface area (Å²) in [6, 6.07) is 9.66. The summed E-state index contributed by atoms with van der Waals surface area (Å²) in [5, 5.41) is -0.0272. The molecule has 0 unspecified atom stereocenters. The van der Waals surface area contributed by atoms with Crippen LogP contribution in [-0.2, 0) is 10.0 Å². The predicted molar refractivity (Wildman–Crippen MR) is 59.3 cm³/mol. The summed E-state index contributed by atoms with van der Waals surface area (Å²) < 4.78 is 25.9. The van der Waals surface area contributed by atoms with E-state index in [0.29, 0.717) is 0 Å². The van der Waals surface area contributed by atoms with E-state index in [1.165, 1.54) is 18.5 Å². The van der Waals surface area contributed by atoms with Gasteiger partial charge in [-0.2, -0.15) is 8.42 Å². The summed E-state index contributed by atoms with van der Waals surface area (Å²) >= 11 is 0. The quantitative estimate of drug-likeness (QED) is 0.869. The maximum Gasteiger partial charge on any atom is 0.280 e. The Morgan fingerprint density at radius 2 is 1.62 bits per heavy atom. The van der Waals surface area contributed by atoms with Crippen molar-refractivity contribution in [2.24, 2.45) is 0 Å². The molecule has 0 atom stereocenters. The van der Waals surface area contributed by atoms with E-state index in [0.717, 1.165) is 0 Å². The van der Waals surface area contributed by atoms with Gasteiger partial charge in [0.15, 0.2) is 5.03 Å². The van der Waals surface area contributed by atoms with Gasteiger partial charge in [-0.25, -0.2) is 9.97 Å². The van der Waals surface area contributed by atoms with Crippen molar-refractivity contribution in [3.8, 4) is 0 Å². The summed E-state index contributed by atoms with van der Waals surface area (Å²) in [7, 11) is -3.64. The second-order valence-electron chi connectivity index (χ2n) is 2.99. The number of hydrogen-bond acceptors (Lipinski definition) is 4. The van der Waals surface area contributed by atoms with Gasteiger partial charge in [0.2, 0.25) is 0 Å². The molecule has 82 valence electrons. The minimum absolute atomic E-state index is 0.0272. The van der Waals surface area contributed by atoms with Crippen molar-refractivity contribution >= 4 is 15.8 Å². The van der Waals surface area contributed by atoms with Crippen LogP contribution in [0.3, 0.4) is 0 Å². The number of hydrogen-bond donors (Lipinski definition) is 1. The summed E-state index contributed by atoms with van der Waals surface area (Å²) in [4.78, 5) is 7.64. The molecule has 1 N–H and O–H groups in total. The van der Waals surface area contributed by atoms with E-state index >= 15 is 0 Å². The zero-order valence-electron chi connectivity index (χ0n) is 8.24. The Hall–Kier alpha value is -1.95. The first kappa shape index (κ1) is 10.6. The molecular formula is C10H9N3O2S. The molecule has 0 bridgehead atoms. The molecule has 0 aliphatic heterocycles. The van der Waals surface area contributed by atoms with E-state index in [1.807, 2.05) is 0 Å². The summed E-state index contributed by atoms with van der Waals surface area (Å²) in [5.74, 6) is 0.271. The highest BCUT2D eigenvalue weighted by Crippen LogP contribution is 2.10. The maximum absolute atomic E-state index is 11.8. The lowest BCUT2D eigenvalue weighted by molar-refractivity contribution is 0.597. The van der Waals surface area contributed by atoms with Crippen LogP contribution in [0.4, 0.5) is 5.82 Å². The largest absolute Gasteiger partial charge is 0.280 e. The Labute approximate surface area is 93.2 Å². The van der Waals surface area contributed by atoms with Gasteiger partial charge in [-0.05, 0) is 24.3 Å². The Balaban J connectivity index is 2.29. The average Bonchev–Trinajstić information content (AvgIpc) is 2.31. The van der Waals surface area contributed by atoms with Crippen molar-refractivity contribution in [2.75, 3.05) is 4.72 Å². The van der Waals surface area contributed by atoms with Gasteiger partial charge >= 0.3 is 0 Å². The number of nitrogens with zero attached hydrogens (tertiary/aromatic N) is 2. The molecule has 2 rings (SSSR count). The molecule has 5 nitrogen and oxygen atoms in total. The second-order valence-corrected chi connectivity index (χ2v) is 4.62. The fourth-order valence-corrected chi connectivity index (χ4v) is 2.08. The lowest BCUT2D eigenvalue weighted by atomic mass is 10.5. The third kappa shape index (κ3) is 2.34. The van der Waals surface area contributed by atoms with Crippen molar-refractivity contribution in [3.05, 3.63) is 48.8 Å². The minimum atomic E-state index is -3.64. The van der Waals surface area contributed by atoms with Gasteiger partial charge in [0.25, 0.3) is 10.0 Å². The van der Waals surface area contributed by atoms with Gasteiger partial charge in [-0.15, -0.1) is 0 Å². The van der Waals surface area contributed by atoms with E-state index in [2.05, 4.69) is 14.7 Å². The zero-order chi connectivity index (χ0) is 11.4. The topological polar surface area (TPSA) is 72.0 Å². The summed E-state index contributed by atoms with van der Waals surface area (Å²) in [5.41, 5.74) is 0. The van der Waals surface area contributed by atoms with Crippen LogP contribution < -0.4 is 4.72 Å². The molecular weight excluding hydrogens is 226 g/mol. The minimum Gasteiger partial charge on any atom is -0.262 e. The number of sulfonamides is 1. The molecule has 0 aromatic carbocycles. The van der Waals surface area contributed by atoms with Crippen LogP contribution in [0, 0.1) is 0 Å². The van der Waals surface area contributed by atoms with E-state index < -0.39 is 10.0 Å². The van der Waals surface area contributed by atoms with E-state index in [-0.39, 0.29) is 10.8 Å². The maximum atomic E-state index is 11.8. The van der Waals surface area contributed by atoms with Crippen molar-refractivity contribution in [2.45, 2.75) is 5.03 Å². The normalized spacial score (nSPS) is 11.0. The second kappa shape index (κ2) is 4.28. The van der Waals surface area contributed by atoms with Crippen LogP contribution in [0.15, 0.2) is 53.8 Å². The fourth-order valence-electron chi connectivity index (χ4n) is 1.12. The average molecular weight is 235 g/mol. The molecule has 0 fully saturated rings. The lowest BCUT2D eigenvalue weighted by Crippen LogP contribution is -2.14. The van der Waals surface area contributed by atoms with Crippen molar-refractivity contribution in [3.63, 3.8) is 0 Å². The Kier molecular flexibility index (Phi) is 2.82. The van der Waals surface area contributed by atoms with Crippen LogP contribution in [0.25, 0.3) is 0 Å². The predicted octanol–water partition coefficient (Wildman–Crippen LogP) is 1.28. The Morgan fingerprint density at radius 3 is 2.19 bits per heavy atom. The molecule has 0 saturated carbocycles. The highest BCUT2D eigenvalue weighted by Gasteiger charge is 2.14. The van der Waals surface area contributed by atoms with E-state index in [4.69, 9.17) is 0 Å². The summed E-state index contributed by atoms with van der Waals surface area (Å²) in [6.45, 7) is 0. The molecule has 0 amide bonds. The molecule has 0 aliphatic rings. The summed E-state index contributed by atoms with van der Waals surface area (Å²) in [6.07, 6.45) is 2.93. The number of rotatable bonds is 3. The van der Waals surface area contributed by atoms with Crippen LogP contribution in [-0.4, -0.2) is 18.4 Å². The molecule has 6 heteroatoms. The standard InChI is InChI=1S/C10H9N3O2S/c14-16(15,10-6-2-4-8-12-10)13-9-5-1-3-7-11-9/h1-8H,(H,11,13). The third-order valence-electron chi connectivity index (χ3n) is 1.82. The molecule has 0 radical (unpaired) electrons. The smallest absolute Gasteiger partial charge is 0.262 e. The molecule has 2 heterocycles. The molecule has 2 aromatic rings. The van der Waals surface area contributed by atoms with Gasteiger partial charge in [0.1, 0.15) is 5.82 Å². The van der Waals surface area contributed by atoms with Crippen LogP contribution in [0.5, 0.6) is 0 Å². The monoisotopic (exact) mass is 235 g/mol. The van der Waals surface area contributed by atoms with Gasteiger partial charge in [0.05, 0.1) is 0 Å². The van der Waals surface area contributed by atoms with Crippen LogP contribution in [0.2, 0.25) is 0 Å². The van der Waals surface area contributed by atoms with Gasteiger partial charge in [-0.3, -0.25) is 4.72 Å². The van der Waals surface area contributed by atoms with Crippen molar-refractivity contribution < 1.29 is 8.42 Å². The highest BCUT2D eigenvalue weighted by atomic mass is 32.2. The SMILES string of the molecule is O=S(=O)(Nc1ccccn1)c1ccccn1. The molecule has 0 aliphatic carbocycles. The Bertz CT molecular complexity index is 555.